The van der Waals surface area contributed by atoms with Gasteiger partial charge >= 0.3 is 5.76 Å². The highest BCUT2D eigenvalue weighted by molar-refractivity contribution is 7.86. The minimum atomic E-state index is -4.02. The van der Waals surface area contributed by atoms with E-state index in [1.165, 1.54) is 18.2 Å². The third kappa shape index (κ3) is 2.73. The zero-order valence-electron chi connectivity index (χ0n) is 13.1. The average molecular weight is 359 g/mol. The molecule has 0 fully saturated rings. The van der Waals surface area contributed by atoms with Crippen molar-refractivity contribution in [1.82, 2.24) is 14.4 Å². The third-order valence-corrected chi connectivity index (χ3v) is 5.12. The molecule has 9 heteroatoms. The van der Waals surface area contributed by atoms with Crippen LogP contribution in [0.15, 0.2) is 56.7 Å². The summed E-state index contributed by atoms with van der Waals surface area (Å²) in [7, 11) is -4.02. The second-order valence-corrected chi connectivity index (χ2v) is 7.08. The highest BCUT2D eigenvalue weighted by Crippen LogP contribution is 2.21. The zero-order chi connectivity index (χ0) is 17.6. The van der Waals surface area contributed by atoms with Crippen molar-refractivity contribution in [2.75, 3.05) is 0 Å². The number of nitrogens with one attached hydrogen (secondary N) is 1. The number of benzene rings is 1. The van der Waals surface area contributed by atoms with E-state index in [9.17, 15) is 13.2 Å². The lowest BCUT2D eigenvalue weighted by Gasteiger charge is -2.06. The lowest BCUT2D eigenvalue weighted by atomic mass is 10.3. The number of oxazole rings is 1. The standard InChI is InChI=1S/C16H13N3O5S/c1-10-13(19-7-3-2-4-15(19)17-10)9-23-25(21,22)11-5-6-12-14(8-11)24-16(20)18-12/h2-8H,9H2,1H3,(H,18,20). The first-order valence-electron chi connectivity index (χ1n) is 7.39. The van der Waals surface area contributed by atoms with Crippen LogP contribution in [0.4, 0.5) is 0 Å². The first-order valence-corrected chi connectivity index (χ1v) is 8.80. The number of imidazole rings is 1. The van der Waals surface area contributed by atoms with Gasteiger partial charge in [0.15, 0.2) is 5.58 Å². The lowest BCUT2D eigenvalue weighted by Crippen LogP contribution is -2.08. The number of pyridine rings is 1. The van der Waals surface area contributed by atoms with Gasteiger partial charge in [0.2, 0.25) is 0 Å². The number of hydrogen-bond acceptors (Lipinski definition) is 6. The van der Waals surface area contributed by atoms with E-state index in [0.29, 0.717) is 22.6 Å². The zero-order valence-corrected chi connectivity index (χ0v) is 13.9. The Kier molecular flexibility index (Phi) is 3.48. The van der Waals surface area contributed by atoms with E-state index in [-0.39, 0.29) is 17.1 Å². The maximum atomic E-state index is 12.4. The molecule has 4 rings (SSSR count). The molecule has 0 aliphatic rings. The molecular formula is C16H13N3O5S. The van der Waals surface area contributed by atoms with Gasteiger partial charge < -0.3 is 8.82 Å². The fraction of sp³-hybridized carbons (Fsp3) is 0.125. The number of H-pyrrole nitrogens is 1. The fourth-order valence-corrected chi connectivity index (χ4v) is 3.51. The predicted molar refractivity (Wildman–Crippen MR) is 88.7 cm³/mol. The number of fused-ring (bicyclic) bond motifs is 2. The molecule has 3 heterocycles. The molecule has 0 radical (unpaired) electrons. The van der Waals surface area contributed by atoms with Gasteiger partial charge in [-0.3, -0.25) is 9.17 Å². The van der Waals surface area contributed by atoms with Crippen LogP contribution in [0.5, 0.6) is 0 Å². The smallest absolute Gasteiger partial charge is 0.408 e. The molecule has 25 heavy (non-hydrogen) atoms. The number of aryl methyl sites for hydroxylation is 1. The van der Waals surface area contributed by atoms with Crippen molar-refractivity contribution in [3.8, 4) is 0 Å². The van der Waals surface area contributed by atoms with Crippen LogP contribution in [-0.2, 0) is 20.9 Å². The summed E-state index contributed by atoms with van der Waals surface area (Å²) in [6.07, 6.45) is 1.79. The summed E-state index contributed by atoms with van der Waals surface area (Å²) in [4.78, 5) is 17.9. The molecule has 8 nitrogen and oxygen atoms in total. The van der Waals surface area contributed by atoms with Crippen LogP contribution < -0.4 is 5.76 Å². The second-order valence-electron chi connectivity index (χ2n) is 5.46. The van der Waals surface area contributed by atoms with Crippen LogP contribution in [0, 0.1) is 6.92 Å². The molecule has 0 bridgehead atoms. The number of rotatable bonds is 4. The fourth-order valence-electron chi connectivity index (χ4n) is 2.62. The quantitative estimate of drug-likeness (QED) is 0.558. The Morgan fingerprint density at radius 3 is 2.96 bits per heavy atom. The topological polar surface area (TPSA) is 107 Å². The Balaban J connectivity index is 1.66. The Hall–Kier alpha value is -2.91. The third-order valence-electron chi connectivity index (χ3n) is 3.86. The van der Waals surface area contributed by atoms with E-state index in [1.54, 1.807) is 17.5 Å². The van der Waals surface area contributed by atoms with Crippen molar-refractivity contribution in [1.29, 1.82) is 0 Å². The SMILES string of the molecule is Cc1nc2ccccn2c1COS(=O)(=O)c1ccc2[nH]c(=O)oc2c1. The van der Waals surface area contributed by atoms with Gasteiger partial charge in [-0.1, -0.05) is 6.07 Å². The maximum absolute atomic E-state index is 12.4. The van der Waals surface area contributed by atoms with Gasteiger partial charge in [-0.2, -0.15) is 8.42 Å². The van der Waals surface area contributed by atoms with Crippen LogP contribution >= 0.6 is 0 Å². The van der Waals surface area contributed by atoms with Crippen molar-refractivity contribution in [3.63, 3.8) is 0 Å². The lowest BCUT2D eigenvalue weighted by molar-refractivity contribution is 0.302. The van der Waals surface area contributed by atoms with Gasteiger partial charge in [-0.15, -0.1) is 0 Å². The molecule has 128 valence electrons. The first kappa shape index (κ1) is 15.6. The van der Waals surface area contributed by atoms with Crippen LogP contribution in [-0.4, -0.2) is 22.8 Å². The van der Waals surface area contributed by atoms with E-state index < -0.39 is 15.9 Å². The number of nitrogens with zero attached hydrogens (tertiary/aromatic N) is 2. The molecule has 3 aromatic heterocycles. The summed E-state index contributed by atoms with van der Waals surface area (Å²) in [5, 5.41) is 0. The molecule has 1 N–H and O–H groups in total. The highest BCUT2D eigenvalue weighted by atomic mass is 32.2. The number of aromatic nitrogens is 3. The van der Waals surface area contributed by atoms with Gasteiger partial charge in [0.25, 0.3) is 10.1 Å². The van der Waals surface area contributed by atoms with Gasteiger partial charge in [-0.25, -0.2) is 9.78 Å². The van der Waals surface area contributed by atoms with Crippen LogP contribution in [0.1, 0.15) is 11.4 Å². The van der Waals surface area contributed by atoms with Crippen molar-refractivity contribution in [2.45, 2.75) is 18.4 Å². The normalized spacial score (nSPS) is 12.2. The molecule has 0 amide bonds. The van der Waals surface area contributed by atoms with E-state index in [4.69, 9.17) is 8.60 Å². The van der Waals surface area contributed by atoms with Crippen molar-refractivity contribution in [2.24, 2.45) is 0 Å². The summed E-state index contributed by atoms with van der Waals surface area (Å²) in [5.74, 6) is -0.646. The Morgan fingerprint density at radius 2 is 2.12 bits per heavy atom. The molecule has 0 atom stereocenters. The largest absolute Gasteiger partial charge is 0.417 e. The molecule has 0 spiro atoms. The summed E-state index contributed by atoms with van der Waals surface area (Å²) >= 11 is 0. The molecular weight excluding hydrogens is 346 g/mol. The molecule has 1 aromatic carbocycles. The molecule has 0 saturated carbocycles. The molecule has 0 saturated heterocycles. The van der Waals surface area contributed by atoms with Gasteiger partial charge in [0, 0.05) is 12.3 Å². The van der Waals surface area contributed by atoms with Crippen LogP contribution in [0.2, 0.25) is 0 Å². The summed E-state index contributed by atoms with van der Waals surface area (Å²) in [5.41, 5.74) is 2.62. The van der Waals surface area contributed by atoms with Crippen LogP contribution in [0.3, 0.4) is 0 Å². The Morgan fingerprint density at radius 1 is 1.28 bits per heavy atom. The van der Waals surface area contributed by atoms with Crippen molar-refractivity contribution in [3.05, 3.63) is 64.5 Å². The van der Waals surface area contributed by atoms with Gasteiger partial charge in [0.05, 0.1) is 21.8 Å². The van der Waals surface area contributed by atoms with Crippen LogP contribution in [0.25, 0.3) is 16.7 Å². The highest BCUT2D eigenvalue weighted by Gasteiger charge is 2.19. The van der Waals surface area contributed by atoms with E-state index in [2.05, 4.69) is 9.97 Å². The number of aromatic amines is 1. The molecule has 4 aromatic rings. The molecule has 0 aliphatic heterocycles. The molecule has 0 unspecified atom stereocenters. The number of hydrogen-bond donors (Lipinski definition) is 1. The first-order chi connectivity index (χ1) is 11.9. The van der Waals surface area contributed by atoms with Crippen molar-refractivity contribution >= 4 is 26.9 Å². The van der Waals surface area contributed by atoms with Gasteiger partial charge in [0.1, 0.15) is 12.3 Å². The summed E-state index contributed by atoms with van der Waals surface area (Å²) in [6.45, 7) is 1.63. The minimum absolute atomic E-state index is 0.0887. The second kappa shape index (κ2) is 5.57. The van der Waals surface area contributed by atoms with E-state index in [1.807, 2.05) is 18.2 Å². The Labute approximate surface area is 141 Å². The van der Waals surface area contributed by atoms with Gasteiger partial charge in [-0.05, 0) is 31.2 Å². The summed E-state index contributed by atoms with van der Waals surface area (Å²) < 4.78 is 36.7. The predicted octanol–water partition coefficient (Wildman–Crippen LogP) is 1.98. The minimum Gasteiger partial charge on any atom is -0.408 e. The average Bonchev–Trinajstić information content (AvgIpc) is 3.10. The molecule has 0 aliphatic carbocycles. The maximum Gasteiger partial charge on any atom is 0.417 e. The van der Waals surface area contributed by atoms with Crippen molar-refractivity contribution < 1.29 is 17.0 Å². The Bertz CT molecular complexity index is 1250. The monoisotopic (exact) mass is 359 g/mol. The van der Waals surface area contributed by atoms with E-state index in [0.717, 1.165) is 0 Å². The van der Waals surface area contributed by atoms with E-state index >= 15 is 0 Å². The summed E-state index contributed by atoms with van der Waals surface area (Å²) in [6, 6.07) is 9.56.